The summed E-state index contributed by atoms with van der Waals surface area (Å²) in [7, 11) is 3.45. The average Bonchev–Trinajstić information content (AvgIpc) is 2.77. The number of carbonyl (C=O) groups excluding carboxylic acids is 1. The van der Waals surface area contributed by atoms with Gasteiger partial charge in [-0.1, -0.05) is 0 Å². The summed E-state index contributed by atoms with van der Waals surface area (Å²) in [6, 6.07) is 5.28. The van der Waals surface area contributed by atoms with Crippen LogP contribution in [0, 0.1) is 6.92 Å². The van der Waals surface area contributed by atoms with Gasteiger partial charge >= 0.3 is 0 Å². The van der Waals surface area contributed by atoms with Crippen molar-refractivity contribution in [3.8, 4) is 11.5 Å². The predicted octanol–water partition coefficient (Wildman–Crippen LogP) is 2.44. The molecule has 0 radical (unpaired) electrons. The van der Waals surface area contributed by atoms with Gasteiger partial charge in [-0.25, -0.2) is 0 Å². The van der Waals surface area contributed by atoms with E-state index in [0.29, 0.717) is 23.5 Å². The fourth-order valence-electron chi connectivity index (χ4n) is 2.54. The number of ether oxygens (including phenoxy) is 2. The molecule has 1 aromatic carbocycles. The lowest BCUT2D eigenvalue weighted by Crippen LogP contribution is -2.20. The molecule has 5 heteroatoms. The van der Waals surface area contributed by atoms with Gasteiger partial charge in [-0.05, 0) is 19.1 Å². The normalized spacial score (nSPS) is 17.6. The minimum Gasteiger partial charge on any atom is -0.497 e. The molecule has 2 heterocycles. The van der Waals surface area contributed by atoms with Gasteiger partial charge in [0.2, 0.25) is 0 Å². The molecular weight excluding hydrogens is 256 g/mol. The zero-order valence-corrected chi connectivity index (χ0v) is 11.7. The zero-order chi connectivity index (χ0) is 14.3. The number of aromatic nitrogens is 2. The van der Waals surface area contributed by atoms with Crippen molar-refractivity contribution in [2.24, 2.45) is 7.05 Å². The van der Waals surface area contributed by atoms with E-state index in [1.807, 2.05) is 20.2 Å². The number of aryl methyl sites for hydroxylation is 2. The number of Topliss-reactive ketones (excluding diaryl/α,β-unsaturated/α-hetero) is 1. The van der Waals surface area contributed by atoms with Crippen LogP contribution in [0.1, 0.15) is 34.1 Å². The minimum atomic E-state index is -0.282. The first-order valence-corrected chi connectivity index (χ1v) is 6.46. The first-order valence-electron chi connectivity index (χ1n) is 6.46. The van der Waals surface area contributed by atoms with Gasteiger partial charge in [0.1, 0.15) is 17.6 Å². The van der Waals surface area contributed by atoms with E-state index in [1.165, 1.54) is 0 Å². The highest BCUT2D eigenvalue weighted by Gasteiger charge is 2.29. The lowest BCUT2D eigenvalue weighted by Gasteiger charge is -2.25. The number of benzene rings is 1. The number of ketones is 1. The van der Waals surface area contributed by atoms with Crippen molar-refractivity contribution >= 4 is 5.78 Å². The molecule has 1 aliphatic rings. The van der Waals surface area contributed by atoms with Crippen LogP contribution in [0.4, 0.5) is 0 Å². The fraction of sp³-hybridized carbons (Fsp3) is 0.333. The van der Waals surface area contributed by atoms with Gasteiger partial charge in [-0.3, -0.25) is 9.48 Å². The van der Waals surface area contributed by atoms with Gasteiger partial charge < -0.3 is 9.47 Å². The molecule has 0 fully saturated rings. The number of carbonyl (C=O) groups is 1. The topological polar surface area (TPSA) is 53.4 Å². The molecule has 2 aromatic rings. The van der Waals surface area contributed by atoms with Crippen molar-refractivity contribution in [2.45, 2.75) is 19.4 Å². The molecule has 5 nitrogen and oxygen atoms in total. The third-order valence-corrected chi connectivity index (χ3v) is 3.53. The van der Waals surface area contributed by atoms with Crippen LogP contribution < -0.4 is 9.47 Å². The SMILES string of the molecule is COc1ccc2c(c1)OC(c1cn(C)nc1C)CC2=O. The Balaban J connectivity index is 1.99. The highest BCUT2D eigenvalue weighted by molar-refractivity contribution is 6.00. The van der Waals surface area contributed by atoms with Crippen LogP contribution in [0.25, 0.3) is 0 Å². The van der Waals surface area contributed by atoms with Gasteiger partial charge in [-0.2, -0.15) is 5.10 Å². The second-order valence-corrected chi connectivity index (χ2v) is 4.94. The maximum Gasteiger partial charge on any atom is 0.170 e. The smallest absolute Gasteiger partial charge is 0.170 e. The number of nitrogens with zero attached hydrogens (tertiary/aromatic N) is 2. The lowest BCUT2D eigenvalue weighted by atomic mass is 9.96. The highest BCUT2D eigenvalue weighted by Crippen LogP contribution is 2.37. The fourth-order valence-corrected chi connectivity index (χ4v) is 2.54. The van der Waals surface area contributed by atoms with Crippen LogP contribution in [-0.4, -0.2) is 22.7 Å². The number of rotatable bonds is 2. The summed E-state index contributed by atoms with van der Waals surface area (Å²) in [6.07, 6.45) is 1.96. The Morgan fingerprint density at radius 1 is 1.45 bits per heavy atom. The molecule has 0 N–H and O–H groups in total. The maximum absolute atomic E-state index is 12.2. The molecule has 0 saturated heterocycles. The van der Waals surface area contributed by atoms with Gasteiger partial charge in [0.05, 0.1) is 24.8 Å². The number of methoxy groups -OCH3 is 1. The monoisotopic (exact) mass is 272 g/mol. The minimum absolute atomic E-state index is 0.0853. The summed E-state index contributed by atoms with van der Waals surface area (Å²) >= 11 is 0. The van der Waals surface area contributed by atoms with Crippen LogP contribution >= 0.6 is 0 Å². The Hall–Kier alpha value is -2.30. The van der Waals surface area contributed by atoms with Crippen molar-refractivity contribution in [3.05, 3.63) is 41.2 Å². The molecule has 3 rings (SSSR count). The predicted molar refractivity (Wildman–Crippen MR) is 73.3 cm³/mol. The summed E-state index contributed by atoms with van der Waals surface area (Å²) in [5.74, 6) is 1.34. The van der Waals surface area contributed by atoms with Gasteiger partial charge in [0, 0.05) is 24.9 Å². The van der Waals surface area contributed by atoms with Crippen molar-refractivity contribution in [3.63, 3.8) is 0 Å². The van der Waals surface area contributed by atoms with E-state index >= 15 is 0 Å². The van der Waals surface area contributed by atoms with Crippen molar-refractivity contribution in [1.29, 1.82) is 0 Å². The van der Waals surface area contributed by atoms with E-state index in [4.69, 9.17) is 9.47 Å². The number of hydrogen-bond acceptors (Lipinski definition) is 4. The summed E-state index contributed by atoms with van der Waals surface area (Å²) in [4.78, 5) is 12.2. The van der Waals surface area contributed by atoms with E-state index in [9.17, 15) is 4.79 Å². The van der Waals surface area contributed by atoms with Crippen molar-refractivity contribution in [1.82, 2.24) is 9.78 Å². The highest BCUT2D eigenvalue weighted by atomic mass is 16.5. The van der Waals surface area contributed by atoms with E-state index < -0.39 is 0 Å². The van der Waals surface area contributed by atoms with Crippen LogP contribution in [0.3, 0.4) is 0 Å². The molecule has 20 heavy (non-hydrogen) atoms. The molecule has 1 unspecified atom stereocenters. The quantitative estimate of drug-likeness (QED) is 0.842. The van der Waals surface area contributed by atoms with E-state index in [-0.39, 0.29) is 11.9 Å². The maximum atomic E-state index is 12.2. The van der Waals surface area contributed by atoms with E-state index in [2.05, 4.69) is 5.10 Å². The Bertz CT molecular complexity index is 676. The van der Waals surface area contributed by atoms with Crippen LogP contribution in [0.15, 0.2) is 24.4 Å². The third kappa shape index (κ3) is 2.05. The van der Waals surface area contributed by atoms with Crippen LogP contribution in [0.2, 0.25) is 0 Å². The molecule has 1 aromatic heterocycles. The van der Waals surface area contributed by atoms with Crippen LogP contribution in [0.5, 0.6) is 11.5 Å². The second-order valence-electron chi connectivity index (χ2n) is 4.94. The Morgan fingerprint density at radius 3 is 2.90 bits per heavy atom. The Morgan fingerprint density at radius 2 is 2.25 bits per heavy atom. The van der Waals surface area contributed by atoms with Crippen LogP contribution in [-0.2, 0) is 7.05 Å². The summed E-state index contributed by atoms with van der Waals surface area (Å²) in [6.45, 7) is 1.92. The third-order valence-electron chi connectivity index (χ3n) is 3.53. The summed E-state index contributed by atoms with van der Waals surface area (Å²) < 4.78 is 12.9. The summed E-state index contributed by atoms with van der Waals surface area (Å²) in [5.41, 5.74) is 2.45. The second kappa shape index (κ2) is 4.67. The zero-order valence-electron chi connectivity index (χ0n) is 11.7. The largest absolute Gasteiger partial charge is 0.497 e. The molecule has 1 aliphatic heterocycles. The molecule has 0 saturated carbocycles. The molecule has 0 bridgehead atoms. The standard InChI is InChI=1S/C15H16N2O3/c1-9-12(8-17(2)16-9)15-7-13(18)11-5-4-10(19-3)6-14(11)20-15/h4-6,8,15H,7H2,1-3H3. The van der Waals surface area contributed by atoms with Crippen molar-refractivity contribution in [2.75, 3.05) is 7.11 Å². The molecule has 0 spiro atoms. The van der Waals surface area contributed by atoms with E-state index in [0.717, 1.165) is 11.3 Å². The first-order chi connectivity index (χ1) is 9.58. The molecule has 0 aliphatic carbocycles. The lowest BCUT2D eigenvalue weighted by molar-refractivity contribution is 0.0849. The van der Waals surface area contributed by atoms with Gasteiger partial charge in [0.15, 0.2) is 5.78 Å². The molecule has 0 amide bonds. The molecule has 104 valence electrons. The van der Waals surface area contributed by atoms with Gasteiger partial charge in [0.25, 0.3) is 0 Å². The number of hydrogen-bond donors (Lipinski definition) is 0. The molecular formula is C15H16N2O3. The number of fused-ring (bicyclic) bond motifs is 1. The first kappa shape index (κ1) is 12.7. The Labute approximate surface area is 117 Å². The van der Waals surface area contributed by atoms with E-state index in [1.54, 1.807) is 30.0 Å². The summed E-state index contributed by atoms with van der Waals surface area (Å²) in [5, 5.41) is 4.30. The van der Waals surface area contributed by atoms with Gasteiger partial charge in [-0.15, -0.1) is 0 Å². The Kier molecular flexibility index (Phi) is 2.97. The average molecular weight is 272 g/mol. The van der Waals surface area contributed by atoms with Crippen molar-refractivity contribution < 1.29 is 14.3 Å². The molecule has 1 atom stereocenters.